The number of ketones is 1. The molecule has 0 saturated heterocycles. The van der Waals surface area contributed by atoms with Crippen LogP contribution in [0.15, 0.2) is 54.3 Å². The fourth-order valence-electron chi connectivity index (χ4n) is 2.48. The number of ether oxygens (including phenoxy) is 2. The van der Waals surface area contributed by atoms with Gasteiger partial charge in [-0.25, -0.2) is 0 Å². The van der Waals surface area contributed by atoms with E-state index >= 15 is 0 Å². The molecule has 4 heteroatoms. The van der Waals surface area contributed by atoms with Crippen molar-refractivity contribution in [1.82, 2.24) is 0 Å². The number of hydrogen-bond donors (Lipinski definition) is 0. The van der Waals surface area contributed by atoms with Gasteiger partial charge in [0.25, 0.3) is 0 Å². The Morgan fingerprint density at radius 1 is 1.29 bits per heavy atom. The Morgan fingerprint density at radius 3 is 2.67 bits per heavy atom. The quantitative estimate of drug-likeness (QED) is 0.565. The minimum Gasteiger partial charge on any atom is -0.489 e. The Kier molecular flexibility index (Phi) is 4.45. The highest BCUT2D eigenvalue weighted by Gasteiger charge is 2.29. The maximum atomic E-state index is 12.6. The van der Waals surface area contributed by atoms with Gasteiger partial charge in [-0.3, -0.25) is 4.79 Å². The van der Waals surface area contributed by atoms with Crippen LogP contribution < -0.4 is 9.47 Å². The zero-order valence-corrected chi connectivity index (χ0v) is 14.3. The molecular weight excluding hydrogens is 324 g/mol. The molecule has 2 aromatic rings. The highest BCUT2D eigenvalue weighted by molar-refractivity contribution is 6.30. The van der Waals surface area contributed by atoms with Gasteiger partial charge in [0.2, 0.25) is 5.78 Å². The molecule has 1 heterocycles. The standard InChI is InChI=1S/C20H17ClO3/c1-12(2)11-23-16-8-13(3)19-17(10-16)24-18(20(19)22)9-14-4-6-15(21)7-5-14/h4-10H,1,11H2,2-3H3/b18-9-. The van der Waals surface area contributed by atoms with E-state index in [4.69, 9.17) is 21.1 Å². The summed E-state index contributed by atoms with van der Waals surface area (Å²) in [5, 5.41) is 0.647. The van der Waals surface area contributed by atoms with Gasteiger partial charge >= 0.3 is 0 Å². The predicted molar refractivity (Wildman–Crippen MR) is 95.9 cm³/mol. The number of aryl methyl sites for hydroxylation is 1. The van der Waals surface area contributed by atoms with E-state index < -0.39 is 0 Å². The highest BCUT2D eigenvalue weighted by Crippen LogP contribution is 2.37. The smallest absolute Gasteiger partial charge is 0.232 e. The van der Waals surface area contributed by atoms with Crippen molar-refractivity contribution < 1.29 is 14.3 Å². The van der Waals surface area contributed by atoms with Crippen LogP contribution in [0.4, 0.5) is 0 Å². The maximum Gasteiger partial charge on any atom is 0.232 e. The molecule has 3 nitrogen and oxygen atoms in total. The molecule has 0 saturated carbocycles. The van der Waals surface area contributed by atoms with E-state index in [1.165, 1.54) is 0 Å². The fourth-order valence-corrected chi connectivity index (χ4v) is 2.60. The number of carbonyl (C=O) groups excluding carboxylic acids is 1. The minimum atomic E-state index is -0.121. The Bertz CT molecular complexity index is 848. The summed E-state index contributed by atoms with van der Waals surface area (Å²) in [4.78, 5) is 12.6. The third-order valence-corrected chi connectivity index (χ3v) is 3.85. The number of rotatable bonds is 4. The van der Waals surface area contributed by atoms with E-state index in [1.54, 1.807) is 24.3 Å². The summed E-state index contributed by atoms with van der Waals surface area (Å²) in [6, 6.07) is 10.8. The normalized spacial score (nSPS) is 14.5. The third-order valence-electron chi connectivity index (χ3n) is 3.60. The molecule has 0 atom stereocenters. The number of fused-ring (bicyclic) bond motifs is 1. The molecule has 122 valence electrons. The van der Waals surface area contributed by atoms with Crippen LogP contribution in [-0.4, -0.2) is 12.4 Å². The van der Waals surface area contributed by atoms with E-state index in [9.17, 15) is 4.79 Å². The Morgan fingerprint density at radius 2 is 2.00 bits per heavy atom. The molecule has 1 aliphatic rings. The number of halogens is 1. The zero-order valence-electron chi connectivity index (χ0n) is 13.6. The van der Waals surface area contributed by atoms with Crippen molar-refractivity contribution in [3.05, 3.63) is 76.0 Å². The molecular formula is C20H17ClO3. The van der Waals surface area contributed by atoms with Crippen LogP contribution >= 0.6 is 11.6 Å². The summed E-state index contributed by atoms with van der Waals surface area (Å²) in [5.74, 6) is 1.36. The summed E-state index contributed by atoms with van der Waals surface area (Å²) in [6.07, 6.45) is 1.71. The van der Waals surface area contributed by atoms with E-state index in [-0.39, 0.29) is 5.78 Å². The van der Waals surface area contributed by atoms with Crippen LogP contribution in [0.2, 0.25) is 5.02 Å². The first-order chi connectivity index (χ1) is 11.4. The van der Waals surface area contributed by atoms with Crippen molar-refractivity contribution in [3.63, 3.8) is 0 Å². The van der Waals surface area contributed by atoms with E-state index in [1.807, 2.05) is 32.0 Å². The van der Waals surface area contributed by atoms with Gasteiger partial charge in [0.15, 0.2) is 5.76 Å². The van der Waals surface area contributed by atoms with Gasteiger partial charge < -0.3 is 9.47 Å². The van der Waals surface area contributed by atoms with Gasteiger partial charge in [-0.15, -0.1) is 0 Å². The lowest BCUT2D eigenvalue weighted by Crippen LogP contribution is -2.00. The van der Waals surface area contributed by atoms with E-state index in [2.05, 4.69) is 6.58 Å². The molecule has 0 fully saturated rings. The topological polar surface area (TPSA) is 35.5 Å². The number of carbonyl (C=O) groups is 1. The van der Waals surface area contributed by atoms with Crippen molar-refractivity contribution in [2.75, 3.05) is 6.61 Å². The average molecular weight is 341 g/mol. The van der Waals surface area contributed by atoms with Crippen molar-refractivity contribution in [1.29, 1.82) is 0 Å². The molecule has 0 unspecified atom stereocenters. The Balaban J connectivity index is 1.90. The SMILES string of the molecule is C=C(C)COc1cc(C)c2c(c1)O/C(=C\c1ccc(Cl)cc1)C2=O. The molecule has 0 N–H and O–H groups in total. The van der Waals surface area contributed by atoms with Crippen molar-refractivity contribution in [2.24, 2.45) is 0 Å². The number of allylic oxidation sites excluding steroid dienone is 1. The van der Waals surface area contributed by atoms with Crippen molar-refractivity contribution in [2.45, 2.75) is 13.8 Å². The second kappa shape index (κ2) is 6.54. The zero-order chi connectivity index (χ0) is 17.3. The van der Waals surface area contributed by atoms with Crippen LogP contribution in [0, 0.1) is 6.92 Å². The minimum absolute atomic E-state index is 0.121. The lowest BCUT2D eigenvalue weighted by atomic mass is 10.0. The van der Waals surface area contributed by atoms with Crippen LogP contribution in [0.3, 0.4) is 0 Å². The number of hydrogen-bond acceptors (Lipinski definition) is 3. The van der Waals surface area contributed by atoms with Gasteiger partial charge in [-0.1, -0.05) is 30.3 Å². The molecule has 3 rings (SSSR count). The van der Waals surface area contributed by atoms with Gasteiger partial charge in [-0.05, 0) is 54.8 Å². The van der Waals surface area contributed by atoms with E-state index in [0.29, 0.717) is 34.5 Å². The molecule has 1 aliphatic heterocycles. The monoisotopic (exact) mass is 340 g/mol. The first-order valence-electron chi connectivity index (χ1n) is 7.55. The number of benzene rings is 2. The van der Waals surface area contributed by atoms with Gasteiger partial charge in [-0.2, -0.15) is 0 Å². The molecule has 2 aromatic carbocycles. The highest BCUT2D eigenvalue weighted by atomic mass is 35.5. The van der Waals surface area contributed by atoms with Crippen molar-refractivity contribution in [3.8, 4) is 11.5 Å². The lowest BCUT2D eigenvalue weighted by Gasteiger charge is -2.08. The summed E-state index contributed by atoms with van der Waals surface area (Å²) in [6.45, 7) is 8.01. The first-order valence-corrected chi connectivity index (χ1v) is 7.93. The third kappa shape index (κ3) is 3.36. The maximum absolute atomic E-state index is 12.6. The Labute approximate surface area is 146 Å². The summed E-state index contributed by atoms with van der Waals surface area (Å²) in [5.41, 5.74) is 3.19. The second-order valence-corrected chi connectivity index (χ2v) is 6.29. The first kappa shape index (κ1) is 16.3. The molecule has 0 bridgehead atoms. The predicted octanol–water partition coefficient (Wildman–Crippen LogP) is 5.22. The second-order valence-electron chi connectivity index (χ2n) is 5.85. The molecule has 0 spiro atoms. The molecule has 0 aliphatic carbocycles. The summed E-state index contributed by atoms with van der Waals surface area (Å²) in [7, 11) is 0. The molecule has 0 aromatic heterocycles. The Hall–Kier alpha value is -2.52. The largest absolute Gasteiger partial charge is 0.489 e. The van der Waals surface area contributed by atoms with Crippen LogP contribution in [-0.2, 0) is 0 Å². The fraction of sp³-hybridized carbons (Fsp3) is 0.150. The van der Waals surface area contributed by atoms with Gasteiger partial charge in [0, 0.05) is 11.1 Å². The lowest BCUT2D eigenvalue weighted by molar-refractivity contribution is 0.101. The summed E-state index contributed by atoms with van der Waals surface area (Å²) >= 11 is 5.88. The van der Waals surface area contributed by atoms with Crippen molar-refractivity contribution >= 4 is 23.5 Å². The number of Topliss-reactive ketones (excluding diaryl/α,β-unsaturated/α-hetero) is 1. The molecule has 0 radical (unpaired) electrons. The van der Waals surface area contributed by atoms with Crippen LogP contribution in [0.5, 0.6) is 11.5 Å². The molecule has 0 amide bonds. The molecule has 24 heavy (non-hydrogen) atoms. The summed E-state index contributed by atoms with van der Waals surface area (Å²) < 4.78 is 11.4. The van der Waals surface area contributed by atoms with Crippen LogP contribution in [0.25, 0.3) is 6.08 Å². The van der Waals surface area contributed by atoms with Crippen LogP contribution in [0.1, 0.15) is 28.4 Å². The van der Waals surface area contributed by atoms with Gasteiger partial charge in [0.05, 0.1) is 5.56 Å². The van der Waals surface area contributed by atoms with E-state index in [0.717, 1.165) is 16.7 Å². The van der Waals surface area contributed by atoms with Gasteiger partial charge in [0.1, 0.15) is 18.1 Å². The average Bonchev–Trinajstić information content (AvgIpc) is 2.84.